The van der Waals surface area contributed by atoms with Crippen LogP contribution in [0.2, 0.25) is 0 Å². The third-order valence-corrected chi connectivity index (χ3v) is 2.50. The van der Waals surface area contributed by atoms with Gasteiger partial charge in [0.1, 0.15) is 0 Å². The maximum Gasteiger partial charge on any atom is 0.0624 e. The lowest BCUT2D eigenvalue weighted by Gasteiger charge is -2.01. The number of aryl methyl sites for hydroxylation is 3. The molecule has 0 fully saturated rings. The highest BCUT2D eigenvalue weighted by Gasteiger charge is 2.02. The van der Waals surface area contributed by atoms with Crippen molar-refractivity contribution in [2.45, 2.75) is 32.6 Å². The molecule has 1 N–H and O–H groups in total. The van der Waals surface area contributed by atoms with Crippen molar-refractivity contribution in [1.29, 1.82) is 0 Å². The van der Waals surface area contributed by atoms with Crippen LogP contribution in [-0.2, 0) is 19.9 Å². The Kier molecular flexibility index (Phi) is 4.66. The molecule has 0 radical (unpaired) electrons. The molecule has 14 heavy (non-hydrogen) atoms. The quantitative estimate of drug-likeness (QED) is 0.698. The first kappa shape index (κ1) is 11.2. The predicted molar refractivity (Wildman–Crippen MR) is 59.5 cm³/mol. The van der Waals surface area contributed by atoms with Crippen LogP contribution in [0.3, 0.4) is 0 Å². The molecule has 0 aliphatic carbocycles. The molecule has 0 atom stereocenters. The molecular formula is C11H21N3. The smallest absolute Gasteiger partial charge is 0.0624 e. The molecule has 3 heteroatoms. The van der Waals surface area contributed by atoms with Crippen LogP contribution in [0.5, 0.6) is 0 Å². The minimum absolute atomic E-state index is 1.03. The predicted octanol–water partition coefficient (Wildman–Crippen LogP) is 1.52. The van der Waals surface area contributed by atoms with Crippen LogP contribution < -0.4 is 5.32 Å². The van der Waals surface area contributed by atoms with E-state index in [0.717, 1.165) is 19.4 Å². The summed E-state index contributed by atoms with van der Waals surface area (Å²) < 4.78 is 2.01. The van der Waals surface area contributed by atoms with Gasteiger partial charge in [0.2, 0.25) is 0 Å². The normalized spacial score (nSPS) is 10.8. The second-order valence-electron chi connectivity index (χ2n) is 3.66. The molecule has 0 aromatic carbocycles. The summed E-state index contributed by atoms with van der Waals surface area (Å²) in [6.45, 7) is 3.26. The van der Waals surface area contributed by atoms with Gasteiger partial charge in [0, 0.05) is 12.7 Å². The molecule has 0 amide bonds. The third-order valence-electron chi connectivity index (χ3n) is 2.50. The van der Waals surface area contributed by atoms with Gasteiger partial charge in [-0.1, -0.05) is 6.92 Å². The molecule has 1 rings (SSSR count). The Bertz CT molecular complexity index is 265. The molecule has 80 valence electrons. The summed E-state index contributed by atoms with van der Waals surface area (Å²) in [5, 5.41) is 7.59. The monoisotopic (exact) mass is 195 g/mol. The molecule has 1 aromatic rings. The van der Waals surface area contributed by atoms with Gasteiger partial charge in [-0.15, -0.1) is 0 Å². The van der Waals surface area contributed by atoms with Crippen LogP contribution >= 0.6 is 0 Å². The number of nitrogens with zero attached hydrogens (tertiary/aromatic N) is 2. The second-order valence-corrected chi connectivity index (χ2v) is 3.66. The van der Waals surface area contributed by atoms with Crippen molar-refractivity contribution in [3.63, 3.8) is 0 Å². The Labute approximate surface area is 86.5 Å². The van der Waals surface area contributed by atoms with Crippen LogP contribution in [0.1, 0.15) is 31.2 Å². The fourth-order valence-electron chi connectivity index (χ4n) is 1.59. The zero-order chi connectivity index (χ0) is 10.4. The maximum absolute atomic E-state index is 4.43. The van der Waals surface area contributed by atoms with Crippen LogP contribution in [0.4, 0.5) is 0 Å². The molecule has 1 heterocycles. The minimum atomic E-state index is 1.03. The number of nitrogens with one attached hydrogen (secondary N) is 1. The van der Waals surface area contributed by atoms with Crippen LogP contribution in [-0.4, -0.2) is 23.4 Å². The number of aromatic nitrogens is 2. The molecule has 0 unspecified atom stereocenters. The van der Waals surface area contributed by atoms with Crippen LogP contribution in [0.25, 0.3) is 0 Å². The van der Waals surface area contributed by atoms with E-state index in [-0.39, 0.29) is 0 Å². The van der Waals surface area contributed by atoms with Crippen molar-refractivity contribution in [2.24, 2.45) is 7.05 Å². The van der Waals surface area contributed by atoms with E-state index in [1.54, 1.807) is 0 Å². The number of hydrogen-bond donors (Lipinski definition) is 1. The van der Waals surface area contributed by atoms with Gasteiger partial charge in [-0.25, -0.2) is 0 Å². The summed E-state index contributed by atoms with van der Waals surface area (Å²) in [5.74, 6) is 0. The molecule has 3 nitrogen and oxygen atoms in total. The summed E-state index contributed by atoms with van der Waals surface area (Å²) in [4.78, 5) is 0. The lowest BCUT2D eigenvalue weighted by Crippen LogP contribution is -2.08. The van der Waals surface area contributed by atoms with E-state index in [2.05, 4.69) is 23.4 Å². The Morgan fingerprint density at radius 2 is 2.21 bits per heavy atom. The Balaban J connectivity index is 2.38. The van der Waals surface area contributed by atoms with E-state index in [4.69, 9.17) is 0 Å². The number of unbranched alkanes of at least 4 members (excludes halogenated alkanes) is 1. The highest BCUT2D eigenvalue weighted by atomic mass is 15.3. The van der Waals surface area contributed by atoms with Crippen molar-refractivity contribution >= 4 is 0 Å². The summed E-state index contributed by atoms with van der Waals surface area (Å²) in [6.07, 6.45) is 4.65. The van der Waals surface area contributed by atoms with Gasteiger partial charge in [-0.2, -0.15) is 5.10 Å². The zero-order valence-electron chi connectivity index (χ0n) is 9.51. The van der Waals surface area contributed by atoms with E-state index in [9.17, 15) is 0 Å². The average molecular weight is 195 g/mol. The van der Waals surface area contributed by atoms with Crippen molar-refractivity contribution in [2.75, 3.05) is 13.6 Å². The van der Waals surface area contributed by atoms with E-state index in [1.165, 1.54) is 24.2 Å². The van der Waals surface area contributed by atoms with Gasteiger partial charge in [-0.3, -0.25) is 4.68 Å². The first-order chi connectivity index (χ1) is 6.77. The van der Waals surface area contributed by atoms with Crippen molar-refractivity contribution < 1.29 is 0 Å². The SMILES string of the molecule is CCc1cc(CCCCNC)n(C)n1. The Morgan fingerprint density at radius 3 is 2.79 bits per heavy atom. The fourth-order valence-corrected chi connectivity index (χ4v) is 1.59. The van der Waals surface area contributed by atoms with Crippen molar-refractivity contribution in [3.8, 4) is 0 Å². The van der Waals surface area contributed by atoms with Gasteiger partial charge in [0.25, 0.3) is 0 Å². The molecule has 0 aliphatic heterocycles. The van der Waals surface area contributed by atoms with E-state index >= 15 is 0 Å². The molecule has 0 saturated carbocycles. The molecule has 1 aromatic heterocycles. The van der Waals surface area contributed by atoms with Gasteiger partial charge in [0.15, 0.2) is 0 Å². The fraction of sp³-hybridized carbons (Fsp3) is 0.727. The number of rotatable bonds is 6. The molecule has 0 spiro atoms. The molecule has 0 saturated heterocycles. The van der Waals surface area contributed by atoms with Crippen molar-refractivity contribution in [3.05, 3.63) is 17.5 Å². The van der Waals surface area contributed by atoms with E-state index < -0.39 is 0 Å². The zero-order valence-corrected chi connectivity index (χ0v) is 9.51. The topological polar surface area (TPSA) is 29.9 Å². The lowest BCUT2D eigenvalue weighted by atomic mass is 10.2. The Morgan fingerprint density at radius 1 is 1.43 bits per heavy atom. The van der Waals surface area contributed by atoms with Gasteiger partial charge >= 0.3 is 0 Å². The molecule has 0 bridgehead atoms. The van der Waals surface area contributed by atoms with Gasteiger partial charge in [0.05, 0.1) is 5.69 Å². The molecular weight excluding hydrogens is 174 g/mol. The molecule has 0 aliphatic rings. The lowest BCUT2D eigenvalue weighted by molar-refractivity contribution is 0.635. The largest absolute Gasteiger partial charge is 0.320 e. The van der Waals surface area contributed by atoms with Gasteiger partial charge < -0.3 is 5.32 Å². The maximum atomic E-state index is 4.43. The van der Waals surface area contributed by atoms with Gasteiger partial charge in [-0.05, 0) is 45.3 Å². The average Bonchev–Trinajstić information content (AvgIpc) is 2.54. The third kappa shape index (κ3) is 3.14. The van der Waals surface area contributed by atoms with Crippen LogP contribution in [0.15, 0.2) is 6.07 Å². The summed E-state index contributed by atoms with van der Waals surface area (Å²) in [5.41, 5.74) is 2.56. The minimum Gasteiger partial charge on any atom is -0.320 e. The summed E-state index contributed by atoms with van der Waals surface area (Å²) >= 11 is 0. The highest BCUT2D eigenvalue weighted by Crippen LogP contribution is 2.07. The summed E-state index contributed by atoms with van der Waals surface area (Å²) in [7, 11) is 4.03. The van der Waals surface area contributed by atoms with E-state index in [1.807, 2.05) is 18.8 Å². The van der Waals surface area contributed by atoms with E-state index in [0.29, 0.717) is 0 Å². The standard InChI is InChI=1S/C11H21N3/c1-4-10-9-11(14(3)13-10)7-5-6-8-12-2/h9,12H,4-8H2,1-3H3. The first-order valence-corrected chi connectivity index (χ1v) is 5.44. The first-order valence-electron chi connectivity index (χ1n) is 5.44. The van der Waals surface area contributed by atoms with Crippen molar-refractivity contribution in [1.82, 2.24) is 15.1 Å². The second kappa shape index (κ2) is 5.81. The highest BCUT2D eigenvalue weighted by molar-refractivity contribution is 5.10. The Hall–Kier alpha value is -0.830. The summed E-state index contributed by atoms with van der Waals surface area (Å²) in [6, 6.07) is 2.22. The van der Waals surface area contributed by atoms with Crippen LogP contribution in [0, 0.1) is 0 Å². The number of hydrogen-bond acceptors (Lipinski definition) is 2.